The van der Waals surface area contributed by atoms with Crippen molar-refractivity contribution in [1.29, 1.82) is 0 Å². The van der Waals surface area contributed by atoms with Gasteiger partial charge in [-0.05, 0) is 70.0 Å². The molecule has 474 valence electrons. The summed E-state index contributed by atoms with van der Waals surface area (Å²) in [6.45, 7) is 13.5. The zero-order valence-corrected chi connectivity index (χ0v) is 52.3. The number of methoxy groups -OCH3 is 3. The van der Waals surface area contributed by atoms with E-state index >= 15 is 0 Å². The van der Waals surface area contributed by atoms with E-state index in [4.69, 9.17) is 71.8 Å². The summed E-state index contributed by atoms with van der Waals surface area (Å²) in [5.41, 5.74) is 5.82. The number of ether oxygens (including phenoxy) is 12. The van der Waals surface area contributed by atoms with Gasteiger partial charge in [-0.25, -0.2) is 4.79 Å². The molecule has 0 spiro atoms. The molecule has 5 heterocycles. The van der Waals surface area contributed by atoms with Gasteiger partial charge >= 0.3 is 5.30 Å². The Morgan fingerprint density at radius 3 is 1.58 bits per heavy atom. The molecule has 8 rings (SSSR count). The van der Waals surface area contributed by atoms with Crippen molar-refractivity contribution in [2.24, 2.45) is 9.98 Å². The summed E-state index contributed by atoms with van der Waals surface area (Å²) < 4.78 is 68.7. The number of thioether (sulfide) groups is 1. The molecule has 0 saturated carbocycles. The molecule has 23 heteroatoms. The van der Waals surface area contributed by atoms with Gasteiger partial charge in [0.2, 0.25) is 5.91 Å². The van der Waals surface area contributed by atoms with Gasteiger partial charge in [-0.1, -0.05) is 53.6 Å². The van der Waals surface area contributed by atoms with Crippen LogP contribution >= 0.6 is 11.8 Å². The van der Waals surface area contributed by atoms with E-state index in [0.29, 0.717) is 148 Å². The molecule has 1 aromatic heterocycles. The standard InChI is InChI=1S/C65H82N6O16S/c1-8-45-29-50-37-66-55-35-59(57(77-6)33-53(55)62(73)70(50)39-45)85-42-48-31-52(32-49(68-48)43-86-60-36-56-54(34-58(60)78-7)63(74)71-40-46(9-2)30-51(71)38-67-56)84-18-16-69(44-65(3,4)88-64(75)87-41-47-13-11-10-12-14-47)61(72)15-17-79-21-22-81-25-26-83-28-27-82-24-23-80-20-19-76-5/h8-14,31-38,50-51H,15-30,39-44H2,1-7H3/b45-8+,46-9+. The Morgan fingerprint density at radius 2 is 1.10 bits per heavy atom. The highest BCUT2D eigenvalue weighted by molar-refractivity contribution is 8.14. The van der Waals surface area contributed by atoms with Crippen LogP contribution in [0, 0.1) is 0 Å². The van der Waals surface area contributed by atoms with Crippen LogP contribution in [0.4, 0.5) is 16.2 Å². The van der Waals surface area contributed by atoms with E-state index in [-0.39, 0.29) is 89.0 Å². The number of amides is 3. The SMILES string of the molecule is C/C=C1\CC2C=Nc3cc(OCc4cc(OCCN(CC(C)(C)SC(=O)OCc5ccccc5)C(=O)CCOCCOCCOCCOCCOCCOC)cc(COc5cc6c(cc5OC)C(=O)N5C/C(=C/C)CC5C=N6)n4)c(OC)cc3C(=O)N2C1. The summed E-state index contributed by atoms with van der Waals surface area (Å²) >= 11 is 1.01. The molecule has 4 aliphatic heterocycles. The van der Waals surface area contributed by atoms with Gasteiger partial charge < -0.3 is 71.5 Å². The smallest absolute Gasteiger partial charge is 0.368 e. The maximum atomic E-state index is 14.1. The number of pyridine rings is 1. The lowest BCUT2D eigenvalue weighted by Gasteiger charge is -2.31. The van der Waals surface area contributed by atoms with Crippen molar-refractivity contribution < 1.29 is 76.0 Å². The van der Waals surface area contributed by atoms with Gasteiger partial charge in [-0.2, -0.15) is 0 Å². The summed E-state index contributed by atoms with van der Waals surface area (Å²) in [6, 6.07) is 19.3. The molecule has 0 bridgehead atoms. The number of allylic oxidation sites excluding steroid dienone is 2. The number of aromatic nitrogens is 1. The van der Waals surface area contributed by atoms with Gasteiger partial charge in [0.15, 0.2) is 23.0 Å². The summed E-state index contributed by atoms with van der Waals surface area (Å²) in [4.78, 5) is 74.8. The van der Waals surface area contributed by atoms with Crippen LogP contribution in [0.15, 0.2) is 100 Å². The first-order valence-electron chi connectivity index (χ1n) is 29.6. The molecule has 4 aliphatic rings. The number of hydrogen-bond acceptors (Lipinski definition) is 20. The number of carbonyl (C=O) groups is 4. The fourth-order valence-electron chi connectivity index (χ4n) is 10.2. The fourth-order valence-corrected chi connectivity index (χ4v) is 10.9. The molecular formula is C65H82N6O16S. The highest BCUT2D eigenvalue weighted by atomic mass is 32.2. The van der Waals surface area contributed by atoms with Gasteiger partial charge in [-0.15, -0.1) is 0 Å². The second-order valence-electron chi connectivity index (χ2n) is 21.6. The zero-order valence-electron chi connectivity index (χ0n) is 51.5. The average molecular weight is 1240 g/mol. The number of benzene rings is 3. The molecule has 2 atom stereocenters. The molecule has 2 saturated heterocycles. The quantitative estimate of drug-likeness (QED) is 0.0238. The van der Waals surface area contributed by atoms with Gasteiger partial charge in [0.25, 0.3) is 11.8 Å². The van der Waals surface area contributed by atoms with E-state index in [2.05, 4.69) is 0 Å². The topological polar surface area (TPSA) is 226 Å². The highest BCUT2D eigenvalue weighted by Gasteiger charge is 2.37. The Morgan fingerprint density at radius 1 is 0.614 bits per heavy atom. The summed E-state index contributed by atoms with van der Waals surface area (Å²) in [7, 11) is 4.65. The van der Waals surface area contributed by atoms with E-state index in [0.717, 1.165) is 17.3 Å². The van der Waals surface area contributed by atoms with Crippen molar-refractivity contribution in [2.45, 2.75) is 83.6 Å². The number of carbonyl (C=O) groups excluding carboxylic acids is 4. The lowest BCUT2D eigenvalue weighted by molar-refractivity contribution is -0.133. The van der Waals surface area contributed by atoms with E-state index < -0.39 is 10.0 Å². The second-order valence-corrected chi connectivity index (χ2v) is 23.3. The first-order chi connectivity index (χ1) is 42.8. The second kappa shape index (κ2) is 33.8. The largest absolute Gasteiger partial charge is 0.493 e. The van der Waals surface area contributed by atoms with Crippen molar-refractivity contribution in [3.63, 3.8) is 0 Å². The predicted molar refractivity (Wildman–Crippen MR) is 333 cm³/mol. The lowest BCUT2D eigenvalue weighted by atomic mass is 10.1. The number of nitrogens with zero attached hydrogens (tertiary/aromatic N) is 6. The minimum atomic E-state index is -0.777. The van der Waals surface area contributed by atoms with Crippen molar-refractivity contribution >= 4 is 58.6 Å². The first-order valence-corrected chi connectivity index (χ1v) is 30.5. The molecule has 2 fully saturated rings. The maximum Gasteiger partial charge on any atom is 0.368 e. The van der Waals surface area contributed by atoms with Crippen LogP contribution in [-0.4, -0.2) is 199 Å². The average Bonchev–Trinajstić information content (AvgIpc) is 1.91. The third-order valence-electron chi connectivity index (χ3n) is 14.8. The lowest BCUT2D eigenvalue weighted by Crippen LogP contribution is -2.43. The molecule has 88 heavy (non-hydrogen) atoms. The molecule has 2 unspecified atom stereocenters. The van der Waals surface area contributed by atoms with Gasteiger partial charge in [0, 0.05) is 68.2 Å². The van der Waals surface area contributed by atoms with E-state index in [1.165, 1.54) is 25.4 Å². The summed E-state index contributed by atoms with van der Waals surface area (Å²) in [6.07, 6.45) is 9.19. The molecule has 22 nitrogen and oxygen atoms in total. The third-order valence-corrected chi connectivity index (χ3v) is 15.7. The fraction of sp³-hybridized carbons (Fsp3) is 0.492. The Hall–Kier alpha value is -7.38. The molecule has 3 amide bonds. The van der Waals surface area contributed by atoms with Crippen molar-refractivity contribution in [3.8, 4) is 28.7 Å². The monoisotopic (exact) mass is 1230 g/mol. The van der Waals surface area contributed by atoms with E-state index in [1.54, 1.807) is 48.4 Å². The van der Waals surface area contributed by atoms with Crippen LogP contribution in [0.1, 0.15) is 84.6 Å². The van der Waals surface area contributed by atoms with Crippen LogP contribution in [0.2, 0.25) is 0 Å². The van der Waals surface area contributed by atoms with Crippen molar-refractivity contribution in [1.82, 2.24) is 19.7 Å². The summed E-state index contributed by atoms with van der Waals surface area (Å²) in [5, 5.41) is -0.471. The number of rotatable bonds is 35. The molecule has 0 aliphatic carbocycles. The van der Waals surface area contributed by atoms with Crippen LogP contribution in [0.5, 0.6) is 28.7 Å². The summed E-state index contributed by atoms with van der Waals surface area (Å²) in [5.74, 6) is 1.26. The van der Waals surface area contributed by atoms with Crippen LogP contribution in [0.3, 0.4) is 0 Å². The Labute approximate surface area is 519 Å². The number of fused-ring (bicyclic) bond motifs is 4. The Balaban J connectivity index is 0.946. The van der Waals surface area contributed by atoms with Gasteiger partial charge in [0.05, 0.1) is 146 Å². The first kappa shape index (κ1) is 66.6. The Kier molecular flexibility index (Phi) is 25.6. The zero-order chi connectivity index (χ0) is 62.3. The van der Waals surface area contributed by atoms with Gasteiger partial charge in [-0.3, -0.25) is 29.4 Å². The van der Waals surface area contributed by atoms with Crippen LogP contribution < -0.4 is 23.7 Å². The van der Waals surface area contributed by atoms with Gasteiger partial charge in [0.1, 0.15) is 32.2 Å². The normalized spacial score (nSPS) is 16.9. The molecule has 4 aromatic rings. The van der Waals surface area contributed by atoms with Crippen molar-refractivity contribution in [3.05, 3.63) is 118 Å². The minimum absolute atomic E-state index is 0.0399. The van der Waals surface area contributed by atoms with E-state index in [1.807, 2.05) is 92.4 Å². The predicted octanol–water partition coefficient (Wildman–Crippen LogP) is 9.19. The molecule has 0 N–H and O–H groups in total. The maximum absolute atomic E-state index is 14.1. The molecular weight excluding hydrogens is 1150 g/mol. The molecule has 0 radical (unpaired) electrons. The van der Waals surface area contributed by atoms with Crippen LogP contribution in [-0.2, 0) is 57.8 Å². The highest BCUT2D eigenvalue weighted by Crippen LogP contribution is 2.41. The Bertz CT molecular complexity index is 2980. The van der Waals surface area contributed by atoms with Crippen LogP contribution in [0.25, 0.3) is 0 Å². The van der Waals surface area contributed by atoms with E-state index in [9.17, 15) is 19.2 Å². The third kappa shape index (κ3) is 19.3. The number of aliphatic imine (C=N–C) groups is 2. The minimum Gasteiger partial charge on any atom is -0.493 e. The number of hydrogen-bond donors (Lipinski definition) is 0. The van der Waals surface area contributed by atoms with Crippen molar-refractivity contribution in [2.75, 3.05) is 127 Å². The molecule has 3 aromatic carbocycles.